The normalized spacial score (nSPS) is 9.52. The maximum atomic E-state index is 8.80. The fraction of sp³-hybridized carbons (Fsp3) is 0.125. The number of nitriles is 1. The number of para-hydroxylation sites is 2. The highest BCUT2D eigenvalue weighted by molar-refractivity contribution is 5.71. The Labute approximate surface area is 133 Å². The van der Waals surface area contributed by atoms with Gasteiger partial charge in [0.2, 0.25) is 6.33 Å². The average Bonchev–Trinajstić information content (AvgIpc) is 2.77. The van der Waals surface area contributed by atoms with Crippen molar-refractivity contribution in [2.24, 2.45) is 7.05 Å². The molecule has 0 aliphatic rings. The van der Waals surface area contributed by atoms with E-state index in [4.69, 9.17) is 5.26 Å². The number of benzene rings is 2. The highest BCUT2D eigenvalue weighted by Gasteiger charge is 2.12. The third-order valence-corrected chi connectivity index (χ3v) is 3.32. The van der Waals surface area contributed by atoms with E-state index in [0.717, 1.165) is 6.54 Å². The third kappa shape index (κ3) is 3.30. The Kier molecular flexibility index (Phi) is 5.65. The molecule has 0 fully saturated rings. The van der Waals surface area contributed by atoms with Gasteiger partial charge in [-0.05, 0) is 29.8 Å². The predicted octanol–water partition coefficient (Wildman–Crippen LogP) is -1.43. The van der Waals surface area contributed by atoms with Crippen molar-refractivity contribution in [1.82, 2.24) is 4.57 Å². The van der Waals surface area contributed by atoms with Gasteiger partial charge in [0.05, 0.1) is 18.7 Å². The van der Waals surface area contributed by atoms with Crippen molar-refractivity contribution in [2.75, 3.05) is 0 Å². The van der Waals surface area contributed by atoms with Crippen LogP contribution in [0, 0.1) is 11.3 Å². The van der Waals surface area contributed by atoms with Crippen LogP contribution in [0.5, 0.6) is 0 Å². The van der Waals surface area contributed by atoms with Crippen LogP contribution in [0.3, 0.4) is 0 Å². The fourth-order valence-electron chi connectivity index (χ4n) is 2.35. The summed E-state index contributed by atoms with van der Waals surface area (Å²) < 4.78 is 4.34. The first-order valence-electron chi connectivity index (χ1n) is 6.20. The SMILES string of the molecule is C[n+]1cn(Cc2ccc(C#N)cc2)c2ccccc21.O.[Br-]. The molecular formula is C16H16BrN3O. The molecule has 0 radical (unpaired) electrons. The van der Waals surface area contributed by atoms with E-state index in [0.29, 0.717) is 5.56 Å². The lowest BCUT2D eigenvalue weighted by molar-refractivity contribution is -0.645. The van der Waals surface area contributed by atoms with Gasteiger partial charge in [-0.25, -0.2) is 9.13 Å². The summed E-state index contributed by atoms with van der Waals surface area (Å²) in [5.41, 5.74) is 4.33. The van der Waals surface area contributed by atoms with Gasteiger partial charge in [-0.3, -0.25) is 0 Å². The topological polar surface area (TPSA) is 64.1 Å². The molecule has 1 heterocycles. The predicted molar refractivity (Wildman–Crippen MR) is 77.0 cm³/mol. The Morgan fingerprint density at radius 3 is 2.43 bits per heavy atom. The van der Waals surface area contributed by atoms with E-state index in [1.54, 1.807) is 0 Å². The molecule has 1 aromatic heterocycles. The van der Waals surface area contributed by atoms with Crippen LogP contribution in [0.4, 0.5) is 0 Å². The van der Waals surface area contributed by atoms with Crippen molar-refractivity contribution in [3.63, 3.8) is 0 Å². The lowest BCUT2D eigenvalue weighted by atomic mass is 10.1. The Morgan fingerprint density at radius 2 is 1.76 bits per heavy atom. The molecule has 3 rings (SSSR count). The van der Waals surface area contributed by atoms with Gasteiger partial charge in [0.1, 0.15) is 6.54 Å². The van der Waals surface area contributed by atoms with Crippen LogP contribution in [0.2, 0.25) is 0 Å². The van der Waals surface area contributed by atoms with Gasteiger partial charge in [0.25, 0.3) is 0 Å². The molecule has 0 aliphatic carbocycles. The zero-order valence-corrected chi connectivity index (χ0v) is 13.2. The van der Waals surface area contributed by atoms with Gasteiger partial charge in [-0.2, -0.15) is 5.26 Å². The zero-order chi connectivity index (χ0) is 13.2. The maximum Gasteiger partial charge on any atom is 0.244 e. The molecule has 0 atom stereocenters. The molecule has 5 heteroatoms. The van der Waals surface area contributed by atoms with E-state index in [2.05, 4.69) is 46.8 Å². The summed E-state index contributed by atoms with van der Waals surface area (Å²) in [7, 11) is 2.05. The minimum Gasteiger partial charge on any atom is -1.00 e. The summed E-state index contributed by atoms with van der Waals surface area (Å²) in [5, 5.41) is 8.80. The number of nitrogens with zero attached hydrogens (tertiary/aromatic N) is 3. The van der Waals surface area contributed by atoms with E-state index in [9.17, 15) is 0 Å². The summed E-state index contributed by atoms with van der Waals surface area (Å²) in [4.78, 5) is 0. The number of hydrogen-bond acceptors (Lipinski definition) is 1. The highest BCUT2D eigenvalue weighted by atomic mass is 79.9. The van der Waals surface area contributed by atoms with Crippen LogP contribution in [-0.4, -0.2) is 10.0 Å². The molecule has 0 saturated carbocycles. The van der Waals surface area contributed by atoms with Crippen LogP contribution in [0.25, 0.3) is 11.0 Å². The molecule has 21 heavy (non-hydrogen) atoms. The van der Waals surface area contributed by atoms with Gasteiger partial charge in [0.15, 0.2) is 11.0 Å². The molecule has 0 amide bonds. The number of rotatable bonds is 2. The Hall–Kier alpha value is -2.16. The van der Waals surface area contributed by atoms with Crippen molar-refractivity contribution in [2.45, 2.75) is 6.54 Å². The van der Waals surface area contributed by atoms with E-state index in [1.807, 2.05) is 30.3 Å². The number of imidazole rings is 1. The van der Waals surface area contributed by atoms with Crippen LogP contribution >= 0.6 is 0 Å². The molecule has 4 nitrogen and oxygen atoms in total. The smallest absolute Gasteiger partial charge is 0.244 e. The molecule has 0 spiro atoms. The monoisotopic (exact) mass is 345 g/mol. The van der Waals surface area contributed by atoms with Gasteiger partial charge in [0, 0.05) is 0 Å². The first-order chi connectivity index (χ1) is 9.28. The van der Waals surface area contributed by atoms with Crippen LogP contribution in [0.1, 0.15) is 11.1 Å². The number of aromatic nitrogens is 2. The van der Waals surface area contributed by atoms with Crippen molar-refractivity contribution in [1.29, 1.82) is 5.26 Å². The first kappa shape index (κ1) is 16.9. The van der Waals surface area contributed by atoms with Gasteiger partial charge in [-0.15, -0.1) is 0 Å². The van der Waals surface area contributed by atoms with Gasteiger partial charge < -0.3 is 22.5 Å². The second-order valence-electron chi connectivity index (χ2n) is 4.65. The number of fused-ring (bicyclic) bond motifs is 1. The van der Waals surface area contributed by atoms with Crippen molar-refractivity contribution in [3.05, 3.63) is 66.0 Å². The van der Waals surface area contributed by atoms with Crippen molar-refractivity contribution < 1.29 is 27.0 Å². The fourth-order valence-corrected chi connectivity index (χ4v) is 2.35. The summed E-state index contributed by atoms with van der Waals surface area (Å²) in [6, 6.07) is 18.2. The van der Waals surface area contributed by atoms with Crippen LogP contribution in [0.15, 0.2) is 54.9 Å². The summed E-state index contributed by atoms with van der Waals surface area (Å²) >= 11 is 0. The molecule has 3 aromatic rings. The summed E-state index contributed by atoms with van der Waals surface area (Å²) in [6.07, 6.45) is 2.10. The zero-order valence-electron chi connectivity index (χ0n) is 11.6. The molecule has 108 valence electrons. The van der Waals surface area contributed by atoms with E-state index in [1.165, 1.54) is 16.6 Å². The summed E-state index contributed by atoms with van der Waals surface area (Å²) in [5.74, 6) is 0. The number of hydrogen-bond donors (Lipinski definition) is 0. The Morgan fingerprint density at radius 1 is 1.10 bits per heavy atom. The number of aryl methyl sites for hydroxylation is 1. The molecule has 2 N–H and O–H groups in total. The van der Waals surface area contributed by atoms with Gasteiger partial charge in [-0.1, -0.05) is 24.3 Å². The van der Waals surface area contributed by atoms with Crippen LogP contribution in [-0.2, 0) is 13.6 Å². The molecule has 0 unspecified atom stereocenters. The second-order valence-corrected chi connectivity index (χ2v) is 4.65. The largest absolute Gasteiger partial charge is 1.00 e. The standard InChI is InChI=1S/C16H14N3.BrH.H2O/c1-18-12-19(16-5-3-2-4-15(16)18)11-14-8-6-13(10-17)7-9-14;;/h2-9,12H,11H2,1H3;1H;1H2/q+1;;/p-1. The van der Waals surface area contributed by atoms with E-state index >= 15 is 0 Å². The number of halogens is 1. The van der Waals surface area contributed by atoms with Crippen molar-refractivity contribution >= 4 is 11.0 Å². The van der Waals surface area contributed by atoms with Crippen LogP contribution < -0.4 is 21.5 Å². The first-order valence-corrected chi connectivity index (χ1v) is 6.20. The van der Waals surface area contributed by atoms with E-state index < -0.39 is 0 Å². The van der Waals surface area contributed by atoms with Gasteiger partial charge >= 0.3 is 0 Å². The summed E-state index contributed by atoms with van der Waals surface area (Å²) in [6.45, 7) is 0.813. The lowest BCUT2D eigenvalue weighted by Gasteiger charge is -1.99. The Balaban J connectivity index is 0.00000110. The molecule has 0 bridgehead atoms. The van der Waals surface area contributed by atoms with E-state index in [-0.39, 0.29) is 22.5 Å². The van der Waals surface area contributed by atoms with Crippen molar-refractivity contribution in [3.8, 4) is 6.07 Å². The highest BCUT2D eigenvalue weighted by Crippen LogP contribution is 2.13. The Bertz CT molecular complexity index is 772. The molecule has 0 saturated heterocycles. The molecule has 0 aliphatic heterocycles. The maximum absolute atomic E-state index is 8.80. The lowest BCUT2D eigenvalue weighted by Crippen LogP contribution is -3.00. The quantitative estimate of drug-likeness (QED) is 0.525. The third-order valence-electron chi connectivity index (χ3n) is 3.32. The average molecular weight is 346 g/mol. The second kappa shape index (κ2) is 7.02. The minimum absolute atomic E-state index is 0. The molecule has 2 aromatic carbocycles. The molecular weight excluding hydrogens is 330 g/mol. The minimum atomic E-state index is 0.